The summed E-state index contributed by atoms with van der Waals surface area (Å²) in [5, 5.41) is 3.98. The van der Waals surface area contributed by atoms with Gasteiger partial charge in [0.2, 0.25) is 0 Å². The molecule has 1 fully saturated rings. The number of anilines is 1. The molecular weight excluding hydrogens is 254 g/mol. The molecule has 0 unspecified atom stereocenters. The molecule has 0 aliphatic heterocycles. The van der Waals surface area contributed by atoms with Crippen LogP contribution >= 0.6 is 11.8 Å². The molecule has 3 nitrogen and oxygen atoms in total. The first kappa shape index (κ1) is 14.6. The lowest BCUT2D eigenvalue weighted by molar-refractivity contribution is 0.632. The van der Waals surface area contributed by atoms with E-state index >= 15 is 0 Å². The average Bonchev–Trinajstić information content (AvgIpc) is 2.88. The van der Waals surface area contributed by atoms with Crippen molar-refractivity contribution in [1.82, 2.24) is 9.97 Å². The molecule has 1 aliphatic carbocycles. The second-order valence-corrected chi connectivity index (χ2v) is 7.01. The van der Waals surface area contributed by atoms with Crippen molar-refractivity contribution in [3.63, 3.8) is 0 Å². The predicted molar refractivity (Wildman–Crippen MR) is 83.7 cm³/mol. The molecule has 4 heteroatoms. The first-order valence-corrected chi connectivity index (χ1v) is 8.38. The van der Waals surface area contributed by atoms with Crippen molar-refractivity contribution in [2.24, 2.45) is 5.92 Å². The summed E-state index contributed by atoms with van der Waals surface area (Å²) in [4.78, 5) is 9.29. The molecule has 1 aliphatic rings. The fraction of sp³-hybridized carbons (Fsp3) is 0.733. The summed E-state index contributed by atoms with van der Waals surface area (Å²) in [6.07, 6.45) is 6.56. The summed E-state index contributed by atoms with van der Waals surface area (Å²) >= 11 is 2.03. The SMILES string of the molecule is CNc1cc(CC(C)C)nc(CSC2CCCC2)n1. The highest BCUT2D eigenvalue weighted by Crippen LogP contribution is 2.31. The second kappa shape index (κ2) is 7.13. The lowest BCUT2D eigenvalue weighted by Gasteiger charge is -2.11. The van der Waals surface area contributed by atoms with Gasteiger partial charge in [-0.05, 0) is 25.2 Å². The van der Waals surface area contributed by atoms with Gasteiger partial charge in [-0.3, -0.25) is 0 Å². The second-order valence-electron chi connectivity index (χ2n) is 5.73. The molecule has 1 saturated carbocycles. The van der Waals surface area contributed by atoms with Gasteiger partial charge in [-0.15, -0.1) is 0 Å². The first-order chi connectivity index (χ1) is 9.17. The Balaban J connectivity index is 2.00. The molecule has 2 rings (SSSR count). The summed E-state index contributed by atoms with van der Waals surface area (Å²) in [6, 6.07) is 2.07. The standard InChI is InChI=1S/C15H25N3S/c1-11(2)8-12-9-14(16-3)18-15(17-12)10-19-13-6-4-5-7-13/h9,11,13H,4-8,10H2,1-3H3,(H,16,17,18). The van der Waals surface area contributed by atoms with Gasteiger partial charge in [-0.2, -0.15) is 11.8 Å². The number of hydrogen-bond donors (Lipinski definition) is 1. The fourth-order valence-corrected chi connectivity index (χ4v) is 3.70. The molecule has 1 N–H and O–H groups in total. The molecular formula is C15H25N3S. The summed E-state index contributed by atoms with van der Waals surface area (Å²) in [6.45, 7) is 4.46. The van der Waals surface area contributed by atoms with Crippen molar-refractivity contribution >= 4 is 17.6 Å². The number of thioether (sulfide) groups is 1. The number of hydrogen-bond acceptors (Lipinski definition) is 4. The van der Waals surface area contributed by atoms with Crippen molar-refractivity contribution < 1.29 is 0 Å². The molecule has 19 heavy (non-hydrogen) atoms. The molecule has 106 valence electrons. The third-order valence-electron chi connectivity index (χ3n) is 3.45. The van der Waals surface area contributed by atoms with E-state index in [4.69, 9.17) is 4.98 Å². The third kappa shape index (κ3) is 4.68. The van der Waals surface area contributed by atoms with E-state index in [2.05, 4.69) is 30.2 Å². The monoisotopic (exact) mass is 279 g/mol. The summed E-state index contributed by atoms with van der Waals surface area (Å²) < 4.78 is 0. The lowest BCUT2D eigenvalue weighted by Crippen LogP contribution is -2.06. The lowest BCUT2D eigenvalue weighted by atomic mass is 10.1. The van der Waals surface area contributed by atoms with Crippen molar-refractivity contribution in [2.75, 3.05) is 12.4 Å². The Kier molecular flexibility index (Phi) is 5.49. The Morgan fingerprint density at radius 1 is 1.32 bits per heavy atom. The van der Waals surface area contributed by atoms with Crippen LogP contribution < -0.4 is 5.32 Å². The summed E-state index contributed by atoms with van der Waals surface area (Å²) in [5.74, 6) is 3.52. The minimum absolute atomic E-state index is 0.634. The number of nitrogens with zero attached hydrogens (tertiary/aromatic N) is 2. The fourth-order valence-electron chi connectivity index (χ4n) is 2.52. The van der Waals surface area contributed by atoms with Gasteiger partial charge >= 0.3 is 0 Å². The van der Waals surface area contributed by atoms with Crippen molar-refractivity contribution in [2.45, 2.75) is 57.0 Å². The zero-order valence-corrected chi connectivity index (χ0v) is 13.1. The van der Waals surface area contributed by atoms with Crippen LogP contribution in [-0.2, 0) is 12.2 Å². The Labute approximate surface area is 121 Å². The maximum Gasteiger partial charge on any atom is 0.140 e. The van der Waals surface area contributed by atoms with Crippen molar-refractivity contribution in [3.8, 4) is 0 Å². The highest BCUT2D eigenvalue weighted by molar-refractivity contribution is 7.99. The Hall–Kier alpha value is -0.770. The largest absolute Gasteiger partial charge is 0.373 e. The van der Waals surface area contributed by atoms with Crippen LogP contribution in [0.25, 0.3) is 0 Å². The molecule has 0 radical (unpaired) electrons. The molecule has 0 atom stereocenters. The Morgan fingerprint density at radius 3 is 2.68 bits per heavy atom. The number of aromatic nitrogens is 2. The van der Waals surface area contributed by atoms with Gasteiger partial charge in [0, 0.05) is 24.1 Å². The molecule has 0 saturated heterocycles. The first-order valence-electron chi connectivity index (χ1n) is 7.33. The summed E-state index contributed by atoms with van der Waals surface area (Å²) in [5.41, 5.74) is 1.16. The van der Waals surface area contributed by atoms with Gasteiger partial charge in [-0.25, -0.2) is 9.97 Å². The van der Waals surface area contributed by atoms with E-state index in [-0.39, 0.29) is 0 Å². The Bertz CT molecular complexity index is 400. The van der Waals surface area contributed by atoms with Crippen LogP contribution in [0, 0.1) is 5.92 Å². The van der Waals surface area contributed by atoms with Crippen molar-refractivity contribution in [1.29, 1.82) is 0 Å². The van der Waals surface area contributed by atoms with Crippen LogP contribution in [0.2, 0.25) is 0 Å². The normalized spacial score (nSPS) is 16.2. The quantitative estimate of drug-likeness (QED) is 0.857. The van der Waals surface area contributed by atoms with Gasteiger partial charge < -0.3 is 5.32 Å². The zero-order chi connectivity index (χ0) is 13.7. The van der Waals surface area contributed by atoms with Crippen LogP contribution in [0.3, 0.4) is 0 Å². The maximum absolute atomic E-state index is 4.71. The van der Waals surface area contributed by atoms with Gasteiger partial charge in [0.05, 0.1) is 5.75 Å². The molecule has 1 heterocycles. The average molecular weight is 279 g/mol. The van der Waals surface area contributed by atoms with E-state index in [1.807, 2.05) is 18.8 Å². The third-order valence-corrected chi connectivity index (χ3v) is 4.82. The summed E-state index contributed by atoms with van der Waals surface area (Å²) in [7, 11) is 1.93. The smallest absolute Gasteiger partial charge is 0.140 e. The van der Waals surface area contributed by atoms with Crippen LogP contribution in [0.5, 0.6) is 0 Å². The maximum atomic E-state index is 4.71. The van der Waals surface area contributed by atoms with Crippen molar-refractivity contribution in [3.05, 3.63) is 17.6 Å². The van der Waals surface area contributed by atoms with E-state index in [1.165, 1.54) is 25.7 Å². The Morgan fingerprint density at radius 2 is 2.05 bits per heavy atom. The molecule has 0 amide bonds. The van der Waals surface area contributed by atoms with E-state index in [0.29, 0.717) is 5.92 Å². The molecule has 1 aromatic rings. The molecule has 0 bridgehead atoms. The highest BCUT2D eigenvalue weighted by Gasteiger charge is 2.16. The predicted octanol–water partition coefficient (Wildman–Crippen LogP) is 3.89. The topological polar surface area (TPSA) is 37.8 Å². The molecule has 0 aromatic carbocycles. The van der Waals surface area contributed by atoms with Gasteiger partial charge in [-0.1, -0.05) is 26.7 Å². The van der Waals surface area contributed by atoms with Crippen LogP contribution in [0.1, 0.15) is 51.0 Å². The van der Waals surface area contributed by atoms with E-state index < -0.39 is 0 Å². The van der Waals surface area contributed by atoms with Gasteiger partial charge in [0.25, 0.3) is 0 Å². The molecule has 1 aromatic heterocycles. The van der Waals surface area contributed by atoms with E-state index in [1.54, 1.807) is 0 Å². The minimum atomic E-state index is 0.634. The number of rotatable bonds is 6. The number of nitrogens with one attached hydrogen (secondary N) is 1. The van der Waals surface area contributed by atoms with Gasteiger partial charge in [0.1, 0.15) is 11.6 Å². The van der Waals surface area contributed by atoms with Crippen LogP contribution in [0.4, 0.5) is 5.82 Å². The zero-order valence-electron chi connectivity index (χ0n) is 12.3. The van der Waals surface area contributed by atoms with Gasteiger partial charge in [0.15, 0.2) is 0 Å². The van der Waals surface area contributed by atoms with Crippen LogP contribution in [0.15, 0.2) is 6.07 Å². The van der Waals surface area contributed by atoms with E-state index in [0.717, 1.165) is 34.8 Å². The molecule has 0 spiro atoms. The highest BCUT2D eigenvalue weighted by atomic mass is 32.2. The minimum Gasteiger partial charge on any atom is -0.373 e. The van der Waals surface area contributed by atoms with E-state index in [9.17, 15) is 0 Å². The van der Waals surface area contributed by atoms with Crippen LogP contribution in [-0.4, -0.2) is 22.3 Å².